The zero-order valence-electron chi connectivity index (χ0n) is 11.5. The highest BCUT2D eigenvalue weighted by Gasteiger charge is 2.07. The van der Waals surface area contributed by atoms with Gasteiger partial charge in [0.2, 0.25) is 11.8 Å². The number of aliphatic hydroxyl groups excluding tert-OH is 1. The molecule has 106 valence electrons. The lowest BCUT2D eigenvalue weighted by Gasteiger charge is -2.14. The zero-order chi connectivity index (χ0) is 14.2. The van der Waals surface area contributed by atoms with Crippen molar-refractivity contribution in [3.63, 3.8) is 0 Å². The van der Waals surface area contributed by atoms with E-state index < -0.39 is 0 Å². The van der Waals surface area contributed by atoms with Gasteiger partial charge in [0.1, 0.15) is 6.61 Å². The molecule has 0 amide bonds. The number of nitrogens with zero attached hydrogens (tertiary/aromatic N) is 2. The predicted octanol–water partition coefficient (Wildman–Crippen LogP) is 2.24. The third kappa shape index (κ3) is 4.20. The summed E-state index contributed by atoms with van der Waals surface area (Å²) in [6, 6.07) is 11.6. The van der Waals surface area contributed by atoms with E-state index in [0.717, 1.165) is 12.0 Å². The van der Waals surface area contributed by atoms with E-state index in [1.54, 1.807) is 12.3 Å². The molecule has 0 saturated carbocycles. The van der Waals surface area contributed by atoms with Gasteiger partial charge in [0.05, 0.1) is 12.6 Å². The van der Waals surface area contributed by atoms with Crippen LogP contribution in [0.5, 0.6) is 5.88 Å². The van der Waals surface area contributed by atoms with Crippen molar-refractivity contribution in [2.24, 2.45) is 0 Å². The largest absolute Gasteiger partial charge is 0.473 e. The quantitative estimate of drug-likeness (QED) is 0.809. The monoisotopic (exact) mass is 273 g/mol. The van der Waals surface area contributed by atoms with Crippen LogP contribution in [0.25, 0.3) is 0 Å². The third-order valence-electron chi connectivity index (χ3n) is 2.91. The number of benzene rings is 1. The Balaban J connectivity index is 1.95. The normalized spacial score (nSPS) is 11.9. The standard InChI is InChI=1S/C15H19N3O2/c1-2-13(10-19)17-15-16-9-8-14(18-15)20-11-12-6-4-3-5-7-12/h3-9,13,19H,2,10-11H2,1H3,(H,16,17,18)/t13-/m0/s1. The van der Waals surface area contributed by atoms with Crippen LogP contribution in [-0.2, 0) is 6.61 Å². The summed E-state index contributed by atoms with van der Waals surface area (Å²) in [6.07, 6.45) is 2.44. The highest BCUT2D eigenvalue weighted by atomic mass is 16.5. The van der Waals surface area contributed by atoms with Crippen LogP contribution in [0.1, 0.15) is 18.9 Å². The summed E-state index contributed by atoms with van der Waals surface area (Å²) < 4.78 is 5.63. The Morgan fingerprint density at radius 2 is 2.05 bits per heavy atom. The van der Waals surface area contributed by atoms with Crippen molar-refractivity contribution in [3.05, 3.63) is 48.2 Å². The Morgan fingerprint density at radius 1 is 1.25 bits per heavy atom. The highest BCUT2D eigenvalue weighted by Crippen LogP contribution is 2.12. The molecule has 2 aromatic rings. The molecule has 0 unspecified atom stereocenters. The van der Waals surface area contributed by atoms with Crippen molar-refractivity contribution in [1.82, 2.24) is 9.97 Å². The van der Waals surface area contributed by atoms with E-state index in [2.05, 4.69) is 15.3 Å². The van der Waals surface area contributed by atoms with Crippen LogP contribution >= 0.6 is 0 Å². The first-order valence-corrected chi connectivity index (χ1v) is 6.69. The Bertz CT molecular complexity index is 516. The second-order valence-electron chi connectivity index (χ2n) is 4.42. The second kappa shape index (κ2) is 7.45. The van der Waals surface area contributed by atoms with Gasteiger partial charge in [0.15, 0.2) is 0 Å². The van der Waals surface area contributed by atoms with E-state index in [4.69, 9.17) is 9.84 Å². The van der Waals surface area contributed by atoms with E-state index in [1.165, 1.54) is 0 Å². The lowest BCUT2D eigenvalue weighted by atomic mass is 10.2. The van der Waals surface area contributed by atoms with Crippen LogP contribution < -0.4 is 10.1 Å². The number of ether oxygens (including phenoxy) is 1. The molecule has 0 aliphatic carbocycles. The summed E-state index contributed by atoms with van der Waals surface area (Å²) in [7, 11) is 0. The number of hydrogen-bond acceptors (Lipinski definition) is 5. The minimum absolute atomic E-state index is 0.0422. The third-order valence-corrected chi connectivity index (χ3v) is 2.91. The fourth-order valence-electron chi connectivity index (χ4n) is 1.68. The lowest BCUT2D eigenvalue weighted by Crippen LogP contribution is -2.23. The molecule has 2 rings (SSSR count). The summed E-state index contributed by atoms with van der Waals surface area (Å²) in [6.45, 7) is 2.51. The molecule has 2 N–H and O–H groups in total. The molecule has 1 heterocycles. The van der Waals surface area contributed by atoms with Gasteiger partial charge >= 0.3 is 0 Å². The molecule has 0 radical (unpaired) electrons. The topological polar surface area (TPSA) is 67.3 Å². The van der Waals surface area contributed by atoms with Crippen molar-refractivity contribution in [2.75, 3.05) is 11.9 Å². The molecule has 1 aromatic carbocycles. The van der Waals surface area contributed by atoms with Gasteiger partial charge in [-0.2, -0.15) is 4.98 Å². The lowest BCUT2D eigenvalue weighted by molar-refractivity contribution is 0.270. The first-order valence-electron chi connectivity index (χ1n) is 6.69. The number of nitrogens with one attached hydrogen (secondary N) is 1. The molecule has 1 aromatic heterocycles. The fourth-order valence-corrected chi connectivity index (χ4v) is 1.68. The highest BCUT2D eigenvalue weighted by molar-refractivity contribution is 5.29. The van der Waals surface area contributed by atoms with Gasteiger partial charge in [-0.15, -0.1) is 0 Å². The smallest absolute Gasteiger partial charge is 0.226 e. The SMILES string of the molecule is CC[C@@H](CO)Nc1nccc(OCc2ccccc2)n1. The molecule has 0 spiro atoms. The number of aromatic nitrogens is 2. The molecule has 0 fully saturated rings. The van der Waals surface area contributed by atoms with Gasteiger partial charge in [-0.1, -0.05) is 37.3 Å². The molecular weight excluding hydrogens is 254 g/mol. The number of aliphatic hydroxyl groups is 1. The average Bonchev–Trinajstić information content (AvgIpc) is 2.52. The summed E-state index contributed by atoms with van der Waals surface area (Å²) in [5.74, 6) is 0.982. The van der Waals surface area contributed by atoms with E-state index in [0.29, 0.717) is 18.4 Å². The van der Waals surface area contributed by atoms with E-state index in [-0.39, 0.29) is 12.6 Å². The second-order valence-corrected chi connectivity index (χ2v) is 4.42. The van der Waals surface area contributed by atoms with E-state index in [9.17, 15) is 0 Å². The Hall–Kier alpha value is -2.14. The van der Waals surface area contributed by atoms with Crippen LogP contribution in [0.4, 0.5) is 5.95 Å². The van der Waals surface area contributed by atoms with Gasteiger partial charge < -0.3 is 15.2 Å². The molecule has 5 nitrogen and oxygen atoms in total. The van der Waals surface area contributed by atoms with Crippen molar-refractivity contribution in [2.45, 2.75) is 26.0 Å². The maximum Gasteiger partial charge on any atom is 0.226 e. The molecule has 20 heavy (non-hydrogen) atoms. The number of anilines is 1. The van der Waals surface area contributed by atoms with Crippen LogP contribution in [-0.4, -0.2) is 27.7 Å². The molecule has 0 bridgehead atoms. The first-order chi connectivity index (χ1) is 9.81. The molecule has 5 heteroatoms. The van der Waals surface area contributed by atoms with E-state index >= 15 is 0 Å². The Morgan fingerprint density at radius 3 is 2.75 bits per heavy atom. The van der Waals surface area contributed by atoms with Crippen LogP contribution in [0.3, 0.4) is 0 Å². The summed E-state index contributed by atoms with van der Waals surface area (Å²) in [5, 5.41) is 12.2. The Labute approximate surface area is 118 Å². The average molecular weight is 273 g/mol. The first kappa shape index (κ1) is 14.3. The van der Waals surface area contributed by atoms with Crippen LogP contribution in [0.15, 0.2) is 42.6 Å². The maximum absolute atomic E-state index is 9.16. The van der Waals surface area contributed by atoms with Crippen molar-refractivity contribution in [1.29, 1.82) is 0 Å². The molecule has 0 aliphatic rings. The van der Waals surface area contributed by atoms with E-state index in [1.807, 2.05) is 37.3 Å². The molecule has 0 saturated heterocycles. The minimum Gasteiger partial charge on any atom is -0.473 e. The van der Waals surface area contributed by atoms with Gasteiger partial charge in [-0.3, -0.25) is 0 Å². The van der Waals surface area contributed by atoms with Crippen molar-refractivity contribution >= 4 is 5.95 Å². The minimum atomic E-state index is -0.0422. The summed E-state index contributed by atoms with van der Waals surface area (Å²) in [5.41, 5.74) is 1.09. The number of rotatable bonds is 7. The van der Waals surface area contributed by atoms with Gasteiger partial charge in [0.25, 0.3) is 0 Å². The maximum atomic E-state index is 9.16. The molecule has 1 atom stereocenters. The zero-order valence-corrected chi connectivity index (χ0v) is 11.5. The summed E-state index contributed by atoms with van der Waals surface area (Å²) in [4.78, 5) is 8.38. The molecule has 0 aliphatic heterocycles. The van der Waals surface area contributed by atoms with Gasteiger partial charge in [-0.25, -0.2) is 4.98 Å². The number of hydrogen-bond donors (Lipinski definition) is 2. The molecular formula is C15H19N3O2. The fraction of sp³-hybridized carbons (Fsp3) is 0.333. The Kier molecular flexibility index (Phi) is 5.32. The summed E-state index contributed by atoms with van der Waals surface area (Å²) >= 11 is 0. The van der Waals surface area contributed by atoms with Crippen molar-refractivity contribution < 1.29 is 9.84 Å². The van der Waals surface area contributed by atoms with Crippen molar-refractivity contribution in [3.8, 4) is 5.88 Å². The van der Waals surface area contributed by atoms with Gasteiger partial charge in [-0.05, 0) is 12.0 Å². The predicted molar refractivity (Wildman–Crippen MR) is 77.6 cm³/mol. The van der Waals surface area contributed by atoms with Crippen LogP contribution in [0, 0.1) is 0 Å². The van der Waals surface area contributed by atoms with Gasteiger partial charge in [0, 0.05) is 12.3 Å². The van der Waals surface area contributed by atoms with Crippen LogP contribution in [0.2, 0.25) is 0 Å².